The van der Waals surface area contributed by atoms with Crippen molar-refractivity contribution < 1.29 is 0 Å². The van der Waals surface area contributed by atoms with E-state index in [1.165, 1.54) is 37.1 Å². The van der Waals surface area contributed by atoms with Crippen molar-refractivity contribution in [3.63, 3.8) is 0 Å². The molecule has 2 aromatic rings. The second-order valence-corrected chi connectivity index (χ2v) is 6.66. The van der Waals surface area contributed by atoms with Crippen LogP contribution in [0.4, 0.5) is 0 Å². The predicted octanol–water partition coefficient (Wildman–Crippen LogP) is 4.23. The molecule has 0 atom stereocenters. The highest BCUT2D eigenvalue weighted by Gasteiger charge is 2.05. The van der Waals surface area contributed by atoms with Gasteiger partial charge in [-0.15, -0.1) is 11.3 Å². The number of hydrogen-bond donors (Lipinski definition) is 1. The van der Waals surface area contributed by atoms with Crippen molar-refractivity contribution in [2.75, 3.05) is 13.1 Å². The maximum Gasteiger partial charge on any atom is 0.0945 e. The van der Waals surface area contributed by atoms with E-state index in [0.717, 1.165) is 30.8 Å². The van der Waals surface area contributed by atoms with Crippen LogP contribution in [0.3, 0.4) is 0 Å². The van der Waals surface area contributed by atoms with Gasteiger partial charge in [-0.25, -0.2) is 4.98 Å². The lowest BCUT2D eigenvalue weighted by Crippen LogP contribution is -2.19. The van der Waals surface area contributed by atoms with Gasteiger partial charge in [0.05, 0.1) is 10.7 Å². The maximum atomic E-state index is 4.71. The summed E-state index contributed by atoms with van der Waals surface area (Å²) in [5.41, 5.74) is 3.86. The molecule has 0 amide bonds. The van der Waals surface area contributed by atoms with Crippen molar-refractivity contribution in [3.05, 3.63) is 46.6 Å². The first-order chi connectivity index (χ1) is 10.9. The number of pyridine rings is 1. The molecule has 1 aliphatic rings. The second kappa shape index (κ2) is 8.20. The Morgan fingerprint density at radius 2 is 1.95 bits per heavy atom. The molecular formula is C18H23N3S. The minimum absolute atomic E-state index is 1.01. The maximum absolute atomic E-state index is 4.71. The molecule has 0 saturated heterocycles. The van der Waals surface area contributed by atoms with Crippen molar-refractivity contribution in [1.82, 2.24) is 15.3 Å². The predicted molar refractivity (Wildman–Crippen MR) is 93.1 cm³/mol. The molecule has 0 radical (unpaired) electrons. The Morgan fingerprint density at radius 3 is 2.77 bits per heavy atom. The van der Waals surface area contributed by atoms with Gasteiger partial charge in [-0.1, -0.05) is 11.6 Å². The molecule has 116 valence electrons. The Morgan fingerprint density at radius 1 is 1.09 bits per heavy atom. The minimum Gasteiger partial charge on any atom is -0.316 e. The van der Waals surface area contributed by atoms with Crippen LogP contribution < -0.4 is 5.32 Å². The topological polar surface area (TPSA) is 37.8 Å². The van der Waals surface area contributed by atoms with E-state index in [2.05, 4.69) is 21.8 Å². The monoisotopic (exact) mass is 313 g/mol. The molecule has 3 rings (SSSR count). The van der Waals surface area contributed by atoms with Crippen molar-refractivity contribution in [1.29, 1.82) is 0 Å². The van der Waals surface area contributed by atoms with Crippen LogP contribution in [-0.4, -0.2) is 23.1 Å². The lowest BCUT2D eigenvalue weighted by molar-refractivity contribution is 0.631. The summed E-state index contributed by atoms with van der Waals surface area (Å²) >= 11 is 1.75. The molecule has 0 aromatic carbocycles. The zero-order chi connectivity index (χ0) is 15.0. The van der Waals surface area contributed by atoms with Gasteiger partial charge in [-0.3, -0.25) is 4.98 Å². The van der Waals surface area contributed by atoms with Crippen LogP contribution >= 0.6 is 11.3 Å². The van der Waals surface area contributed by atoms with E-state index in [1.54, 1.807) is 16.9 Å². The van der Waals surface area contributed by atoms with Crippen LogP contribution in [0, 0.1) is 0 Å². The molecule has 1 N–H and O–H groups in total. The first kappa shape index (κ1) is 15.4. The Bertz CT molecular complexity index is 604. The number of nitrogens with zero attached hydrogens (tertiary/aromatic N) is 2. The highest BCUT2D eigenvalue weighted by atomic mass is 32.1. The number of aromatic nitrogens is 2. The van der Waals surface area contributed by atoms with E-state index in [-0.39, 0.29) is 0 Å². The molecule has 0 unspecified atom stereocenters. The van der Waals surface area contributed by atoms with Gasteiger partial charge in [0.2, 0.25) is 0 Å². The van der Waals surface area contributed by atoms with E-state index in [9.17, 15) is 0 Å². The summed E-state index contributed by atoms with van der Waals surface area (Å²) in [6, 6.07) is 4.02. The number of rotatable bonds is 7. The zero-order valence-corrected chi connectivity index (χ0v) is 13.7. The van der Waals surface area contributed by atoms with Crippen LogP contribution in [0.2, 0.25) is 0 Å². The summed E-state index contributed by atoms with van der Waals surface area (Å²) in [5, 5.41) is 6.89. The van der Waals surface area contributed by atoms with Gasteiger partial charge in [0.25, 0.3) is 0 Å². The molecule has 3 nitrogen and oxygen atoms in total. The number of thiazole rings is 1. The summed E-state index contributed by atoms with van der Waals surface area (Å²) in [5.74, 6) is 0. The number of nitrogens with one attached hydrogen (secondary N) is 1. The summed E-state index contributed by atoms with van der Waals surface area (Å²) in [7, 11) is 0. The van der Waals surface area contributed by atoms with Crippen molar-refractivity contribution in [3.8, 4) is 11.3 Å². The summed E-state index contributed by atoms with van der Waals surface area (Å²) in [6.45, 7) is 2.10. The average Bonchev–Trinajstić information content (AvgIpc) is 3.05. The van der Waals surface area contributed by atoms with Gasteiger partial charge in [-0.2, -0.15) is 0 Å². The van der Waals surface area contributed by atoms with Gasteiger partial charge in [0, 0.05) is 36.3 Å². The van der Waals surface area contributed by atoms with Gasteiger partial charge < -0.3 is 5.32 Å². The first-order valence-corrected chi connectivity index (χ1v) is 9.03. The van der Waals surface area contributed by atoms with Crippen molar-refractivity contribution >= 4 is 11.3 Å². The molecule has 1 aliphatic carbocycles. The summed E-state index contributed by atoms with van der Waals surface area (Å²) in [4.78, 5) is 8.75. The van der Waals surface area contributed by atoms with Crippen LogP contribution in [0.1, 0.15) is 37.1 Å². The Balaban J connectivity index is 1.39. The smallest absolute Gasteiger partial charge is 0.0945 e. The van der Waals surface area contributed by atoms with Crippen molar-refractivity contribution in [2.24, 2.45) is 0 Å². The molecule has 0 aliphatic heterocycles. The second-order valence-electron chi connectivity index (χ2n) is 5.72. The first-order valence-electron chi connectivity index (χ1n) is 8.15. The third kappa shape index (κ3) is 4.49. The fourth-order valence-electron chi connectivity index (χ4n) is 2.78. The Hall–Kier alpha value is -1.52. The van der Waals surface area contributed by atoms with E-state index in [1.807, 2.05) is 24.5 Å². The van der Waals surface area contributed by atoms with Crippen LogP contribution in [-0.2, 0) is 6.42 Å². The molecule has 0 bridgehead atoms. The largest absolute Gasteiger partial charge is 0.316 e. The fraction of sp³-hybridized carbons (Fsp3) is 0.444. The molecular weight excluding hydrogens is 290 g/mol. The van der Waals surface area contributed by atoms with Crippen LogP contribution in [0.25, 0.3) is 11.3 Å². The van der Waals surface area contributed by atoms with Gasteiger partial charge >= 0.3 is 0 Å². The van der Waals surface area contributed by atoms with E-state index >= 15 is 0 Å². The SMILES string of the molecule is C1=C(CCNCCc2nc(-c3ccncc3)cs2)CCCC1. The average molecular weight is 313 g/mol. The van der Waals surface area contributed by atoms with E-state index in [0.29, 0.717) is 0 Å². The Kier molecular flexibility index (Phi) is 5.73. The van der Waals surface area contributed by atoms with Gasteiger partial charge in [-0.05, 0) is 50.8 Å². The van der Waals surface area contributed by atoms with Crippen LogP contribution in [0.15, 0.2) is 41.6 Å². The number of allylic oxidation sites excluding steroid dienone is 1. The third-order valence-electron chi connectivity index (χ3n) is 4.05. The molecule has 2 aromatic heterocycles. The molecule has 0 fully saturated rings. The van der Waals surface area contributed by atoms with E-state index in [4.69, 9.17) is 4.98 Å². The van der Waals surface area contributed by atoms with Gasteiger partial charge in [0.1, 0.15) is 0 Å². The quantitative estimate of drug-likeness (QED) is 0.614. The van der Waals surface area contributed by atoms with Crippen LogP contribution in [0.5, 0.6) is 0 Å². The zero-order valence-electron chi connectivity index (χ0n) is 12.9. The van der Waals surface area contributed by atoms with Gasteiger partial charge in [0.15, 0.2) is 0 Å². The number of hydrogen-bond acceptors (Lipinski definition) is 4. The fourth-order valence-corrected chi connectivity index (χ4v) is 3.59. The molecule has 22 heavy (non-hydrogen) atoms. The third-order valence-corrected chi connectivity index (χ3v) is 4.96. The minimum atomic E-state index is 1.01. The lowest BCUT2D eigenvalue weighted by Gasteiger charge is -2.12. The normalized spacial score (nSPS) is 14.8. The summed E-state index contributed by atoms with van der Waals surface area (Å²) in [6.07, 6.45) is 13.6. The van der Waals surface area contributed by atoms with E-state index < -0.39 is 0 Å². The summed E-state index contributed by atoms with van der Waals surface area (Å²) < 4.78 is 0. The molecule has 2 heterocycles. The molecule has 0 spiro atoms. The van der Waals surface area contributed by atoms with Crippen molar-refractivity contribution in [2.45, 2.75) is 38.5 Å². The Labute approximate surface area is 136 Å². The molecule has 0 saturated carbocycles. The highest BCUT2D eigenvalue weighted by Crippen LogP contribution is 2.21. The standard InChI is InChI=1S/C18H23N3S/c1-2-4-15(5-3-1)6-10-19-13-9-18-21-17(14-22-18)16-7-11-20-12-8-16/h4,7-8,11-12,14,19H,1-3,5-6,9-10,13H2. The lowest BCUT2D eigenvalue weighted by atomic mass is 9.97. The molecule has 4 heteroatoms. The highest BCUT2D eigenvalue weighted by molar-refractivity contribution is 7.09.